The molecule has 0 bridgehead atoms. The van der Waals surface area contributed by atoms with Crippen molar-refractivity contribution in [1.29, 1.82) is 0 Å². The van der Waals surface area contributed by atoms with E-state index in [4.69, 9.17) is 0 Å². The van der Waals surface area contributed by atoms with Crippen molar-refractivity contribution in [2.24, 2.45) is 0 Å². The van der Waals surface area contributed by atoms with Gasteiger partial charge in [-0.1, -0.05) is 247 Å². The Morgan fingerprint density at radius 3 is 1.26 bits per heavy atom. The number of hydrogen-bond acceptors (Lipinski definition) is 2. The molecule has 0 N–H and O–H groups in total. The molecule has 0 saturated heterocycles. The topological polar surface area (TPSA) is 6.48 Å². The molecular weight excluding hydrogens is 880 g/mol. The van der Waals surface area contributed by atoms with Gasteiger partial charge in [0.05, 0.1) is 11.4 Å². The zero-order valence-electron chi connectivity index (χ0n) is 45.0. The maximum Gasteiger partial charge on any atom is 0.252 e. The van der Waals surface area contributed by atoms with E-state index >= 15 is 0 Å². The zero-order valence-corrected chi connectivity index (χ0v) is 45.0. The molecule has 0 radical (unpaired) electrons. The predicted octanol–water partition coefficient (Wildman–Crippen LogP) is 17.6. The van der Waals surface area contributed by atoms with Gasteiger partial charge in [-0.25, -0.2) is 0 Å². The number of benzene rings is 9. The molecule has 9 aromatic carbocycles. The highest BCUT2D eigenvalue weighted by atomic mass is 15.2. The van der Waals surface area contributed by atoms with Gasteiger partial charge in [0, 0.05) is 33.9 Å². The van der Waals surface area contributed by atoms with Crippen LogP contribution in [0.2, 0.25) is 0 Å². The van der Waals surface area contributed by atoms with Crippen molar-refractivity contribution in [3.63, 3.8) is 0 Å². The normalized spacial score (nSPS) is 13.4. The highest BCUT2D eigenvalue weighted by molar-refractivity contribution is 7.00. The molecule has 73 heavy (non-hydrogen) atoms. The van der Waals surface area contributed by atoms with E-state index in [1.54, 1.807) is 0 Å². The molecule has 0 fully saturated rings. The molecule has 3 heteroatoms. The summed E-state index contributed by atoms with van der Waals surface area (Å²) in [6.07, 6.45) is 0. The molecule has 362 valence electrons. The highest BCUT2D eigenvalue weighted by Gasteiger charge is 2.45. The molecule has 0 unspecified atom stereocenters. The van der Waals surface area contributed by atoms with Crippen LogP contribution >= 0.6 is 0 Å². The molecule has 0 aromatic heterocycles. The van der Waals surface area contributed by atoms with E-state index < -0.39 is 0 Å². The summed E-state index contributed by atoms with van der Waals surface area (Å²) in [7, 11) is 0. The fourth-order valence-electron chi connectivity index (χ4n) is 11.4. The standard InChI is InChI=1S/C70H69BN2/c1-67(2,3)51-36-37-58-63(45-51)73(61-34-24-21-31-56(61)47-27-17-14-18-28-47)65-43-50(49-39-52(68(4,5)6)44-53(40-49)69(7,8)9)42-64-66(65)71(58)59-41-48(54-29-19-22-32-57(54)70(10,11)12)35-38-62(59)72(64)60-33-23-20-30-55(60)46-25-15-13-16-26-46/h13-45H,1-12H3. The first-order valence-corrected chi connectivity index (χ1v) is 26.4. The largest absolute Gasteiger partial charge is 0.311 e. The fourth-order valence-corrected chi connectivity index (χ4v) is 11.4. The summed E-state index contributed by atoms with van der Waals surface area (Å²) in [4.78, 5) is 5.25. The molecule has 2 aliphatic heterocycles. The maximum absolute atomic E-state index is 2.63. The van der Waals surface area contributed by atoms with Crippen LogP contribution in [0.4, 0.5) is 34.1 Å². The Labute approximate surface area is 436 Å². The third-order valence-corrected chi connectivity index (χ3v) is 15.4. The third-order valence-electron chi connectivity index (χ3n) is 15.4. The van der Waals surface area contributed by atoms with E-state index in [9.17, 15) is 0 Å². The number of anilines is 6. The first-order valence-electron chi connectivity index (χ1n) is 26.4. The van der Waals surface area contributed by atoms with Crippen molar-refractivity contribution < 1.29 is 0 Å². The molecule has 0 saturated carbocycles. The molecule has 2 aliphatic rings. The summed E-state index contributed by atoms with van der Waals surface area (Å²) >= 11 is 0. The second-order valence-corrected chi connectivity index (χ2v) is 24.7. The summed E-state index contributed by atoms with van der Waals surface area (Å²) in [6.45, 7) is 28.0. The van der Waals surface area contributed by atoms with Gasteiger partial charge in [-0.3, -0.25) is 0 Å². The monoisotopic (exact) mass is 949 g/mol. The van der Waals surface area contributed by atoms with E-state index in [1.165, 1.54) is 106 Å². The first-order chi connectivity index (χ1) is 34.8. The van der Waals surface area contributed by atoms with E-state index in [-0.39, 0.29) is 28.4 Å². The van der Waals surface area contributed by atoms with Crippen molar-refractivity contribution in [3.8, 4) is 44.5 Å². The van der Waals surface area contributed by atoms with Crippen LogP contribution in [0.3, 0.4) is 0 Å². The zero-order chi connectivity index (χ0) is 51.2. The molecule has 0 atom stereocenters. The van der Waals surface area contributed by atoms with Crippen molar-refractivity contribution in [1.82, 2.24) is 0 Å². The fraction of sp³-hybridized carbons (Fsp3) is 0.229. The van der Waals surface area contributed by atoms with Crippen LogP contribution in [0, 0.1) is 0 Å². The minimum absolute atomic E-state index is 0.0477. The summed E-state index contributed by atoms with van der Waals surface area (Å²) in [5, 5.41) is 0. The minimum atomic E-state index is -0.0874. The Balaban J connectivity index is 1.32. The summed E-state index contributed by atoms with van der Waals surface area (Å²) in [5.41, 5.74) is 25.8. The van der Waals surface area contributed by atoms with E-state index in [0.29, 0.717) is 0 Å². The Morgan fingerprint density at radius 1 is 0.274 bits per heavy atom. The molecule has 0 amide bonds. The summed E-state index contributed by atoms with van der Waals surface area (Å²) in [6, 6.07) is 76.2. The Hall–Kier alpha value is -7.36. The molecule has 0 aliphatic carbocycles. The first kappa shape index (κ1) is 47.9. The van der Waals surface area contributed by atoms with Crippen LogP contribution in [0.15, 0.2) is 200 Å². The molecule has 11 rings (SSSR count). The van der Waals surface area contributed by atoms with Crippen LogP contribution in [0.1, 0.15) is 105 Å². The van der Waals surface area contributed by atoms with E-state index in [0.717, 1.165) is 11.4 Å². The van der Waals surface area contributed by atoms with Gasteiger partial charge >= 0.3 is 0 Å². The molecule has 2 nitrogen and oxygen atoms in total. The van der Waals surface area contributed by atoms with Gasteiger partial charge in [0.2, 0.25) is 0 Å². The van der Waals surface area contributed by atoms with Gasteiger partial charge < -0.3 is 9.80 Å². The number of fused-ring (bicyclic) bond motifs is 4. The highest BCUT2D eigenvalue weighted by Crippen LogP contribution is 2.51. The molecule has 9 aromatic rings. The van der Waals surface area contributed by atoms with Crippen molar-refractivity contribution in [2.75, 3.05) is 9.80 Å². The van der Waals surface area contributed by atoms with Gasteiger partial charge in [0.1, 0.15) is 0 Å². The summed E-state index contributed by atoms with van der Waals surface area (Å²) in [5.74, 6) is 0. The van der Waals surface area contributed by atoms with E-state index in [1.807, 2.05) is 0 Å². The van der Waals surface area contributed by atoms with Crippen LogP contribution in [0.5, 0.6) is 0 Å². The lowest BCUT2D eigenvalue weighted by Gasteiger charge is -2.45. The predicted molar refractivity (Wildman–Crippen MR) is 317 cm³/mol. The Morgan fingerprint density at radius 2 is 0.740 bits per heavy atom. The van der Waals surface area contributed by atoms with Crippen LogP contribution in [-0.4, -0.2) is 6.71 Å². The molecular formula is C70H69BN2. The van der Waals surface area contributed by atoms with Crippen LogP contribution in [0.25, 0.3) is 44.5 Å². The number of para-hydroxylation sites is 2. The Kier molecular flexibility index (Phi) is 11.6. The third kappa shape index (κ3) is 8.61. The smallest absolute Gasteiger partial charge is 0.252 e. The molecule has 0 spiro atoms. The average Bonchev–Trinajstić information content (AvgIpc) is 3.37. The van der Waals surface area contributed by atoms with Crippen molar-refractivity contribution in [3.05, 3.63) is 222 Å². The Bertz CT molecular complexity index is 3520. The van der Waals surface area contributed by atoms with Gasteiger partial charge in [0.15, 0.2) is 0 Å². The van der Waals surface area contributed by atoms with Crippen molar-refractivity contribution >= 4 is 57.2 Å². The van der Waals surface area contributed by atoms with Gasteiger partial charge in [-0.15, -0.1) is 0 Å². The van der Waals surface area contributed by atoms with E-state index in [2.05, 4.69) is 293 Å². The van der Waals surface area contributed by atoms with Crippen LogP contribution in [-0.2, 0) is 21.7 Å². The van der Waals surface area contributed by atoms with Gasteiger partial charge in [0.25, 0.3) is 6.71 Å². The lowest BCUT2D eigenvalue weighted by atomic mass is 9.33. The van der Waals surface area contributed by atoms with Gasteiger partial charge in [-0.2, -0.15) is 0 Å². The van der Waals surface area contributed by atoms with Gasteiger partial charge in [-0.05, 0) is 130 Å². The summed E-state index contributed by atoms with van der Waals surface area (Å²) < 4.78 is 0. The second kappa shape index (κ2) is 17.7. The molecule has 2 heterocycles. The number of hydrogen-bond donors (Lipinski definition) is 0. The van der Waals surface area contributed by atoms with Crippen molar-refractivity contribution in [2.45, 2.75) is 105 Å². The maximum atomic E-state index is 2.63. The minimum Gasteiger partial charge on any atom is -0.311 e. The van der Waals surface area contributed by atoms with Crippen LogP contribution < -0.4 is 26.2 Å². The number of nitrogens with zero attached hydrogens (tertiary/aromatic N) is 2. The SMILES string of the molecule is CC(C)(C)c1cc(-c2cc3c4c(c2)N(c2ccccc2-c2ccccc2)c2cc(C(C)(C)C)ccc2B4c2cc(-c4ccccc4C(C)(C)C)ccc2N3c2ccccc2-c2ccccc2)cc(C(C)(C)C)c1. The number of rotatable bonds is 6. The quantitative estimate of drug-likeness (QED) is 0.153. The lowest BCUT2D eigenvalue weighted by Crippen LogP contribution is -2.61. The lowest BCUT2D eigenvalue weighted by molar-refractivity contribution is 0.569. The average molecular weight is 949 g/mol. The second-order valence-electron chi connectivity index (χ2n) is 24.7.